The Morgan fingerprint density at radius 2 is 2.08 bits per heavy atom. The number of halogens is 1. The standard InChI is InChI=1S/C18H14N4O2S.ClH/c1-11-17(22-7-3-2-4-16(22)19-11)13-9-25-18(21-13)20-12-5-6-14-15(8-12)24-10-23-14;/h2-9H,10H2,1H3,(H,20,21);1H/i10D2;. The number of aryl methyl sites for hydroxylation is 1. The van der Waals surface area contributed by atoms with Gasteiger partial charge >= 0.3 is 0 Å². The van der Waals surface area contributed by atoms with Crippen LogP contribution in [0.5, 0.6) is 11.5 Å². The molecule has 1 N–H and O–H groups in total. The largest absolute Gasteiger partial charge is 0.454 e. The van der Waals surface area contributed by atoms with Gasteiger partial charge in [0.05, 0.1) is 11.4 Å². The van der Waals surface area contributed by atoms with Crippen molar-refractivity contribution in [1.29, 1.82) is 0 Å². The molecule has 0 aliphatic carbocycles. The van der Waals surface area contributed by atoms with Crippen LogP contribution in [0, 0.1) is 6.92 Å². The highest BCUT2D eigenvalue weighted by atomic mass is 35.5. The lowest BCUT2D eigenvalue weighted by atomic mass is 10.3. The summed E-state index contributed by atoms with van der Waals surface area (Å²) in [6, 6.07) is 11.1. The average Bonchev–Trinajstić information content (AvgIpc) is 3.27. The Bertz CT molecular complexity index is 1180. The molecular weight excluding hydrogens is 372 g/mol. The van der Waals surface area contributed by atoms with Crippen LogP contribution in [0.4, 0.5) is 10.8 Å². The van der Waals surface area contributed by atoms with Crippen molar-refractivity contribution in [2.24, 2.45) is 0 Å². The predicted molar refractivity (Wildman–Crippen MR) is 104 cm³/mol. The number of imidazole rings is 1. The topological polar surface area (TPSA) is 60.7 Å². The van der Waals surface area contributed by atoms with Crippen LogP contribution in [0.2, 0.25) is 0 Å². The number of ether oxygens (including phenoxy) is 2. The normalized spacial score (nSPS) is 15.3. The predicted octanol–water partition coefficient (Wildman–Crippen LogP) is 4.66. The van der Waals surface area contributed by atoms with Crippen LogP contribution in [-0.2, 0) is 0 Å². The molecule has 1 aliphatic heterocycles. The fraction of sp³-hybridized carbons (Fsp3) is 0.111. The Morgan fingerprint density at radius 1 is 1.19 bits per heavy atom. The molecule has 0 amide bonds. The summed E-state index contributed by atoms with van der Waals surface area (Å²) in [6.07, 6.45) is 1.98. The fourth-order valence-corrected chi connectivity index (χ4v) is 3.56. The highest BCUT2D eigenvalue weighted by Crippen LogP contribution is 2.36. The van der Waals surface area contributed by atoms with Crippen molar-refractivity contribution in [2.75, 3.05) is 12.1 Å². The number of benzene rings is 1. The number of anilines is 2. The van der Waals surface area contributed by atoms with Crippen molar-refractivity contribution < 1.29 is 12.2 Å². The smallest absolute Gasteiger partial charge is 0.231 e. The molecule has 6 nitrogen and oxygen atoms in total. The number of aromatic nitrogens is 3. The maximum atomic E-state index is 7.52. The van der Waals surface area contributed by atoms with Gasteiger partial charge in [0.25, 0.3) is 0 Å². The van der Waals surface area contributed by atoms with Crippen LogP contribution in [0.25, 0.3) is 17.0 Å². The van der Waals surface area contributed by atoms with Crippen molar-refractivity contribution >= 4 is 40.2 Å². The highest BCUT2D eigenvalue weighted by molar-refractivity contribution is 7.14. The summed E-state index contributed by atoms with van der Waals surface area (Å²) < 4.78 is 27.3. The molecule has 1 aliphatic rings. The van der Waals surface area contributed by atoms with Crippen LogP contribution in [0.15, 0.2) is 48.0 Å². The van der Waals surface area contributed by atoms with E-state index in [9.17, 15) is 0 Å². The fourth-order valence-electron chi connectivity index (χ4n) is 2.85. The zero-order chi connectivity index (χ0) is 18.6. The SMILES string of the molecule is Cl.[2H]C1([2H])Oc2ccc(Nc3nc(-c4c(C)nc5ccccn45)cs3)cc2O1. The Kier molecular flexibility index (Phi) is 3.61. The van der Waals surface area contributed by atoms with Crippen molar-refractivity contribution in [1.82, 2.24) is 14.4 Å². The lowest BCUT2D eigenvalue weighted by Crippen LogP contribution is -1.93. The van der Waals surface area contributed by atoms with Crippen LogP contribution in [0.1, 0.15) is 8.44 Å². The van der Waals surface area contributed by atoms with Gasteiger partial charge in [-0.3, -0.25) is 4.40 Å². The number of nitrogens with one attached hydrogen (secondary N) is 1. The molecule has 5 rings (SSSR count). The molecule has 0 radical (unpaired) electrons. The van der Waals surface area contributed by atoms with E-state index in [-0.39, 0.29) is 12.4 Å². The second kappa shape index (κ2) is 6.51. The molecule has 4 aromatic rings. The number of pyridine rings is 1. The van der Waals surface area contributed by atoms with Gasteiger partial charge < -0.3 is 14.8 Å². The molecule has 0 unspecified atom stereocenters. The third-order valence-electron chi connectivity index (χ3n) is 3.95. The zero-order valence-electron chi connectivity index (χ0n) is 15.6. The summed E-state index contributed by atoms with van der Waals surface area (Å²) in [7, 11) is 0. The molecule has 8 heteroatoms. The van der Waals surface area contributed by atoms with Crippen molar-refractivity contribution in [3.05, 3.63) is 53.7 Å². The Balaban J connectivity index is 0.00000192. The van der Waals surface area contributed by atoms with Gasteiger partial charge in [-0.2, -0.15) is 0 Å². The van der Waals surface area contributed by atoms with Gasteiger partial charge in [-0.1, -0.05) is 6.07 Å². The monoisotopic (exact) mass is 388 g/mol. The van der Waals surface area contributed by atoms with Crippen molar-refractivity contribution in [3.8, 4) is 22.9 Å². The summed E-state index contributed by atoms with van der Waals surface area (Å²) in [5.41, 5.74) is 4.36. The van der Waals surface area contributed by atoms with E-state index < -0.39 is 6.75 Å². The number of hydrogen-bond donors (Lipinski definition) is 1. The molecule has 132 valence electrons. The second-order valence-corrected chi connectivity index (χ2v) is 6.44. The van der Waals surface area contributed by atoms with Crippen LogP contribution >= 0.6 is 23.7 Å². The maximum absolute atomic E-state index is 7.52. The minimum Gasteiger partial charge on any atom is -0.454 e. The van der Waals surface area contributed by atoms with Crippen LogP contribution in [0.3, 0.4) is 0 Å². The number of fused-ring (bicyclic) bond motifs is 2. The first-order valence-electron chi connectivity index (χ1n) is 8.67. The minimum atomic E-state index is -2.13. The van der Waals surface area contributed by atoms with Gasteiger partial charge in [-0.15, -0.1) is 23.7 Å². The third kappa shape index (κ3) is 2.75. The number of thiazole rings is 1. The van der Waals surface area contributed by atoms with Gasteiger partial charge in [0.1, 0.15) is 14.1 Å². The zero-order valence-corrected chi connectivity index (χ0v) is 15.2. The van der Waals surface area contributed by atoms with E-state index in [1.54, 1.807) is 18.2 Å². The van der Waals surface area contributed by atoms with Crippen molar-refractivity contribution in [3.63, 3.8) is 0 Å². The average molecular weight is 389 g/mol. The summed E-state index contributed by atoms with van der Waals surface area (Å²) in [5, 5.41) is 5.93. The summed E-state index contributed by atoms with van der Waals surface area (Å²) in [6.45, 7) is -0.156. The summed E-state index contributed by atoms with van der Waals surface area (Å²) in [5.74, 6) is 0.742. The van der Waals surface area contributed by atoms with E-state index in [0.29, 0.717) is 11.5 Å². The molecule has 0 atom stereocenters. The molecular formula is C18H15ClN4O2S. The molecule has 26 heavy (non-hydrogen) atoms. The summed E-state index contributed by atoms with van der Waals surface area (Å²) in [4.78, 5) is 9.26. The minimum absolute atomic E-state index is 0. The highest BCUT2D eigenvalue weighted by Gasteiger charge is 2.16. The van der Waals surface area contributed by atoms with Gasteiger partial charge in [-0.05, 0) is 31.2 Å². The quantitative estimate of drug-likeness (QED) is 0.553. The van der Waals surface area contributed by atoms with E-state index in [4.69, 9.17) is 12.2 Å². The lowest BCUT2D eigenvalue weighted by Gasteiger charge is -2.04. The number of hydrogen-bond acceptors (Lipinski definition) is 6. The lowest BCUT2D eigenvalue weighted by molar-refractivity contribution is 0.174. The number of rotatable bonds is 3. The third-order valence-corrected chi connectivity index (χ3v) is 4.71. The molecule has 0 saturated heterocycles. The first kappa shape index (κ1) is 14.4. The second-order valence-electron chi connectivity index (χ2n) is 5.59. The van der Waals surface area contributed by atoms with Gasteiger partial charge in [0.2, 0.25) is 6.75 Å². The van der Waals surface area contributed by atoms with Gasteiger partial charge in [0, 0.05) is 23.3 Å². The maximum Gasteiger partial charge on any atom is 0.231 e. The van der Waals surface area contributed by atoms with Crippen LogP contribution < -0.4 is 14.8 Å². The first-order valence-corrected chi connectivity index (χ1v) is 8.55. The van der Waals surface area contributed by atoms with E-state index in [1.165, 1.54) is 11.3 Å². The molecule has 3 aromatic heterocycles. The Morgan fingerprint density at radius 3 is 3.00 bits per heavy atom. The molecule has 4 heterocycles. The van der Waals surface area contributed by atoms with Crippen molar-refractivity contribution in [2.45, 2.75) is 6.92 Å². The van der Waals surface area contributed by atoms with Crippen LogP contribution in [-0.4, -0.2) is 21.1 Å². The Labute approximate surface area is 162 Å². The van der Waals surface area contributed by atoms with E-state index >= 15 is 0 Å². The van der Waals surface area contributed by atoms with E-state index in [2.05, 4.69) is 15.3 Å². The van der Waals surface area contributed by atoms with E-state index in [0.717, 1.165) is 33.5 Å². The Hall–Kier alpha value is -2.77. The molecule has 0 fully saturated rings. The molecule has 0 saturated carbocycles. The first-order chi connectivity index (χ1) is 13.0. The van der Waals surface area contributed by atoms with Gasteiger partial charge in [-0.25, -0.2) is 9.97 Å². The molecule has 1 aromatic carbocycles. The van der Waals surface area contributed by atoms with Gasteiger partial charge in [0.15, 0.2) is 16.6 Å². The van der Waals surface area contributed by atoms with E-state index in [1.807, 2.05) is 41.1 Å². The number of nitrogens with zero attached hydrogens (tertiary/aromatic N) is 3. The molecule has 0 bridgehead atoms. The molecule has 0 spiro atoms. The summed E-state index contributed by atoms with van der Waals surface area (Å²) >= 11 is 1.48.